The van der Waals surface area contributed by atoms with Crippen molar-refractivity contribution in [2.75, 3.05) is 5.43 Å². The first kappa shape index (κ1) is 14.0. The molecule has 104 valence electrons. The number of pyridine rings is 1. The second-order valence-corrected chi connectivity index (χ2v) is 4.61. The van der Waals surface area contributed by atoms with E-state index in [1.54, 1.807) is 18.3 Å². The molecule has 2 aromatic rings. The number of hydrazine groups is 1. The number of carbonyl (C=O) groups excluding carboxylic acids is 1. The van der Waals surface area contributed by atoms with Crippen molar-refractivity contribution in [2.45, 2.75) is 19.4 Å². The number of nitrogen functional groups attached to an aromatic ring is 1. The van der Waals surface area contributed by atoms with Crippen LogP contribution in [0.5, 0.6) is 0 Å². The number of carbonyl (C=O) groups is 1. The van der Waals surface area contributed by atoms with Gasteiger partial charge in [-0.25, -0.2) is 10.8 Å². The lowest BCUT2D eigenvalue weighted by molar-refractivity contribution is 0.0940. The van der Waals surface area contributed by atoms with Gasteiger partial charge >= 0.3 is 0 Å². The quantitative estimate of drug-likeness (QED) is 0.571. The van der Waals surface area contributed by atoms with Crippen LogP contribution >= 0.6 is 0 Å². The van der Waals surface area contributed by atoms with E-state index in [-0.39, 0.29) is 11.9 Å². The van der Waals surface area contributed by atoms with Gasteiger partial charge in [-0.3, -0.25) is 4.79 Å². The lowest BCUT2D eigenvalue weighted by Crippen LogP contribution is -2.34. The van der Waals surface area contributed by atoms with Crippen LogP contribution < -0.4 is 16.6 Å². The molecule has 0 saturated heterocycles. The van der Waals surface area contributed by atoms with Crippen LogP contribution in [0.4, 0.5) is 5.82 Å². The van der Waals surface area contributed by atoms with E-state index in [0.717, 1.165) is 6.42 Å². The summed E-state index contributed by atoms with van der Waals surface area (Å²) in [6.07, 6.45) is 2.36. The van der Waals surface area contributed by atoms with E-state index in [1.807, 2.05) is 37.3 Å². The highest BCUT2D eigenvalue weighted by molar-refractivity contribution is 5.98. The summed E-state index contributed by atoms with van der Waals surface area (Å²) < 4.78 is 0. The lowest BCUT2D eigenvalue weighted by Gasteiger charge is -2.15. The Kier molecular flexibility index (Phi) is 4.68. The number of rotatable bonds is 5. The summed E-state index contributed by atoms with van der Waals surface area (Å²) in [5.41, 5.74) is 4.05. The van der Waals surface area contributed by atoms with Gasteiger partial charge in [0.25, 0.3) is 5.91 Å². The van der Waals surface area contributed by atoms with Gasteiger partial charge < -0.3 is 10.7 Å². The number of aromatic nitrogens is 1. The Labute approximate surface area is 118 Å². The van der Waals surface area contributed by atoms with E-state index < -0.39 is 0 Å². The zero-order chi connectivity index (χ0) is 14.4. The summed E-state index contributed by atoms with van der Waals surface area (Å²) in [6.45, 7) is 1.97. The number of nitrogens with zero attached hydrogens (tertiary/aromatic N) is 1. The summed E-state index contributed by atoms with van der Waals surface area (Å²) in [6, 6.07) is 13.4. The molecule has 1 aromatic heterocycles. The summed E-state index contributed by atoms with van der Waals surface area (Å²) in [4.78, 5) is 16.2. The molecule has 0 aliphatic heterocycles. The maximum absolute atomic E-state index is 12.2. The summed E-state index contributed by atoms with van der Waals surface area (Å²) in [5, 5.41) is 2.94. The monoisotopic (exact) mass is 270 g/mol. The Hall–Kier alpha value is -2.40. The molecule has 4 N–H and O–H groups in total. The highest BCUT2D eigenvalue weighted by atomic mass is 16.1. The predicted molar refractivity (Wildman–Crippen MR) is 79.1 cm³/mol. The lowest BCUT2D eigenvalue weighted by atomic mass is 10.1. The van der Waals surface area contributed by atoms with Crippen molar-refractivity contribution < 1.29 is 4.79 Å². The minimum Gasteiger partial charge on any atom is -0.349 e. The van der Waals surface area contributed by atoms with Crippen LogP contribution in [0.2, 0.25) is 0 Å². The van der Waals surface area contributed by atoms with Crippen LogP contribution in [-0.4, -0.2) is 16.9 Å². The molecule has 1 aromatic carbocycles. The van der Waals surface area contributed by atoms with Gasteiger partial charge in [0.15, 0.2) is 5.82 Å². The largest absolute Gasteiger partial charge is 0.349 e. The Morgan fingerprint density at radius 2 is 2.00 bits per heavy atom. The van der Waals surface area contributed by atoms with Crippen LogP contribution in [0.25, 0.3) is 0 Å². The molecular weight excluding hydrogens is 252 g/mol. The Bertz CT molecular complexity index is 571. The van der Waals surface area contributed by atoms with Crippen LogP contribution in [0, 0.1) is 0 Å². The molecule has 0 saturated carbocycles. The maximum atomic E-state index is 12.2. The molecule has 5 heteroatoms. The van der Waals surface area contributed by atoms with Gasteiger partial charge in [0, 0.05) is 12.2 Å². The van der Waals surface area contributed by atoms with Gasteiger partial charge in [0.1, 0.15) is 0 Å². The molecule has 0 radical (unpaired) electrons. The average Bonchev–Trinajstić information content (AvgIpc) is 2.48. The van der Waals surface area contributed by atoms with Crippen molar-refractivity contribution in [3.63, 3.8) is 0 Å². The molecule has 0 aliphatic carbocycles. The van der Waals surface area contributed by atoms with Crippen molar-refractivity contribution >= 4 is 11.7 Å². The summed E-state index contributed by atoms with van der Waals surface area (Å²) >= 11 is 0. The minimum atomic E-state index is -0.186. The van der Waals surface area contributed by atoms with Gasteiger partial charge in [-0.1, -0.05) is 30.3 Å². The van der Waals surface area contributed by atoms with Gasteiger partial charge in [0.2, 0.25) is 0 Å². The molecule has 1 atom stereocenters. The molecule has 1 amide bonds. The second-order valence-electron chi connectivity index (χ2n) is 4.61. The van der Waals surface area contributed by atoms with Gasteiger partial charge in [0.05, 0.1) is 5.56 Å². The van der Waals surface area contributed by atoms with E-state index in [2.05, 4.69) is 15.7 Å². The SMILES string of the molecule is CC(Cc1ccccc1)NC(=O)c1cccnc1NN. The molecule has 0 aliphatic rings. The van der Waals surface area contributed by atoms with Gasteiger partial charge in [-0.05, 0) is 31.0 Å². The third-order valence-electron chi connectivity index (χ3n) is 2.95. The Morgan fingerprint density at radius 3 is 2.70 bits per heavy atom. The van der Waals surface area contributed by atoms with Crippen LogP contribution in [-0.2, 0) is 6.42 Å². The highest BCUT2D eigenvalue weighted by Gasteiger charge is 2.14. The molecular formula is C15H18N4O. The number of nitrogens with two attached hydrogens (primary N) is 1. The molecule has 5 nitrogen and oxygen atoms in total. The zero-order valence-electron chi connectivity index (χ0n) is 11.3. The molecule has 0 bridgehead atoms. The van der Waals surface area contributed by atoms with Gasteiger partial charge in [-0.15, -0.1) is 0 Å². The predicted octanol–water partition coefficient (Wildman–Crippen LogP) is 1.73. The Balaban J connectivity index is 2.00. The fourth-order valence-electron chi connectivity index (χ4n) is 2.02. The average molecular weight is 270 g/mol. The maximum Gasteiger partial charge on any atom is 0.255 e. The fourth-order valence-corrected chi connectivity index (χ4v) is 2.02. The number of amides is 1. The van der Waals surface area contributed by atoms with Crippen molar-refractivity contribution in [3.05, 3.63) is 59.8 Å². The summed E-state index contributed by atoms with van der Waals surface area (Å²) in [7, 11) is 0. The number of hydrogen-bond donors (Lipinski definition) is 3. The summed E-state index contributed by atoms with van der Waals surface area (Å²) in [5.74, 6) is 5.54. The molecule has 1 unspecified atom stereocenters. The van der Waals surface area contributed by atoms with Gasteiger partial charge in [-0.2, -0.15) is 0 Å². The molecule has 0 fully saturated rings. The minimum absolute atomic E-state index is 0.0238. The van der Waals surface area contributed by atoms with E-state index in [0.29, 0.717) is 11.4 Å². The first-order chi connectivity index (χ1) is 9.70. The standard InChI is InChI=1S/C15H18N4O/c1-11(10-12-6-3-2-4-7-12)18-15(20)13-8-5-9-17-14(13)19-16/h2-9,11H,10,16H2,1H3,(H,17,19)(H,18,20). The molecule has 1 heterocycles. The zero-order valence-corrected chi connectivity index (χ0v) is 11.3. The van der Waals surface area contributed by atoms with E-state index in [1.165, 1.54) is 5.56 Å². The number of anilines is 1. The normalized spacial score (nSPS) is 11.7. The number of hydrogen-bond acceptors (Lipinski definition) is 4. The van der Waals surface area contributed by atoms with E-state index in [4.69, 9.17) is 5.84 Å². The molecule has 0 spiro atoms. The number of benzene rings is 1. The molecule has 2 rings (SSSR count). The first-order valence-corrected chi connectivity index (χ1v) is 6.47. The Morgan fingerprint density at radius 1 is 1.25 bits per heavy atom. The van der Waals surface area contributed by atoms with Crippen molar-refractivity contribution in [3.8, 4) is 0 Å². The third-order valence-corrected chi connectivity index (χ3v) is 2.95. The molecule has 20 heavy (non-hydrogen) atoms. The highest BCUT2D eigenvalue weighted by Crippen LogP contribution is 2.10. The first-order valence-electron chi connectivity index (χ1n) is 6.47. The second kappa shape index (κ2) is 6.68. The third kappa shape index (κ3) is 3.55. The topological polar surface area (TPSA) is 80.0 Å². The van der Waals surface area contributed by atoms with Crippen molar-refractivity contribution in [2.24, 2.45) is 5.84 Å². The van der Waals surface area contributed by atoms with E-state index >= 15 is 0 Å². The van der Waals surface area contributed by atoms with Crippen LogP contribution in [0.15, 0.2) is 48.7 Å². The van der Waals surface area contributed by atoms with Crippen molar-refractivity contribution in [1.29, 1.82) is 0 Å². The fraction of sp³-hybridized carbons (Fsp3) is 0.200. The van der Waals surface area contributed by atoms with E-state index in [9.17, 15) is 4.79 Å². The smallest absolute Gasteiger partial charge is 0.255 e. The number of nitrogens with one attached hydrogen (secondary N) is 2. The van der Waals surface area contributed by atoms with Crippen LogP contribution in [0.1, 0.15) is 22.8 Å². The van der Waals surface area contributed by atoms with Crippen LogP contribution in [0.3, 0.4) is 0 Å². The van der Waals surface area contributed by atoms with Crippen molar-refractivity contribution in [1.82, 2.24) is 10.3 Å².